The van der Waals surface area contributed by atoms with Crippen molar-refractivity contribution >= 4 is 16.8 Å². The summed E-state index contributed by atoms with van der Waals surface area (Å²) in [6, 6.07) is 14.1. The minimum absolute atomic E-state index is 0.134. The number of aromatic nitrogens is 1. The summed E-state index contributed by atoms with van der Waals surface area (Å²) < 4.78 is 13.4. The number of benzene rings is 2. The van der Waals surface area contributed by atoms with Gasteiger partial charge in [0.1, 0.15) is 5.82 Å². The highest BCUT2D eigenvalue weighted by atomic mass is 19.1. The zero-order valence-corrected chi connectivity index (χ0v) is 13.3. The van der Waals surface area contributed by atoms with Crippen LogP contribution in [0, 0.1) is 24.6 Å². The van der Waals surface area contributed by atoms with Crippen molar-refractivity contribution < 1.29 is 9.18 Å². The zero-order chi connectivity index (χ0) is 16.9. The maximum atomic E-state index is 13.4. The van der Waals surface area contributed by atoms with Crippen LogP contribution in [0.3, 0.4) is 0 Å². The van der Waals surface area contributed by atoms with Gasteiger partial charge in [0.2, 0.25) is 5.91 Å². The Morgan fingerprint density at radius 1 is 1.21 bits per heavy atom. The fraction of sp³-hybridized carbons (Fsp3) is 0.150. The monoisotopic (exact) mass is 320 g/mol. The van der Waals surface area contributed by atoms with Crippen LogP contribution in [0.5, 0.6) is 0 Å². The Kier molecular flexibility index (Phi) is 4.62. The molecule has 4 heteroatoms. The minimum Gasteiger partial charge on any atom is -0.358 e. The molecule has 3 nitrogen and oxygen atoms in total. The fourth-order valence-corrected chi connectivity index (χ4v) is 2.62. The summed E-state index contributed by atoms with van der Waals surface area (Å²) in [6.07, 6.45) is 0.197. The van der Waals surface area contributed by atoms with Crippen molar-refractivity contribution in [2.75, 3.05) is 6.54 Å². The number of aromatic amines is 1. The second-order valence-electron chi connectivity index (χ2n) is 5.54. The first-order valence-corrected chi connectivity index (χ1v) is 7.71. The Morgan fingerprint density at radius 3 is 2.79 bits per heavy atom. The van der Waals surface area contributed by atoms with Gasteiger partial charge in [-0.3, -0.25) is 4.79 Å². The van der Waals surface area contributed by atoms with Crippen molar-refractivity contribution in [3.8, 4) is 11.8 Å². The Balaban J connectivity index is 1.64. The molecule has 0 spiro atoms. The average Bonchev–Trinajstić information content (AvgIpc) is 2.88. The number of H-pyrrole nitrogens is 1. The molecule has 1 heterocycles. The van der Waals surface area contributed by atoms with Gasteiger partial charge in [-0.2, -0.15) is 0 Å². The van der Waals surface area contributed by atoms with E-state index >= 15 is 0 Å². The Bertz CT molecular complexity index is 933. The molecule has 1 amide bonds. The predicted octanol–water partition coefficient (Wildman–Crippen LogP) is 3.33. The molecule has 0 aliphatic carbocycles. The van der Waals surface area contributed by atoms with Crippen LogP contribution < -0.4 is 5.32 Å². The topological polar surface area (TPSA) is 44.9 Å². The second kappa shape index (κ2) is 7.01. The molecule has 0 aliphatic heterocycles. The first kappa shape index (κ1) is 15.8. The highest BCUT2D eigenvalue weighted by Gasteiger charge is 2.12. The highest BCUT2D eigenvalue weighted by molar-refractivity contribution is 5.90. The molecule has 0 atom stereocenters. The summed E-state index contributed by atoms with van der Waals surface area (Å²) in [7, 11) is 0. The maximum Gasteiger partial charge on any atom is 0.225 e. The summed E-state index contributed by atoms with van der Waals surface area (Å²) in [5, 5.41) is 3.53. The van der Waals surface area contributed by atoms with Crippen LogP contribution >= 0.6 is 0 Å². The number of nitrogens with one attached hydrogen (secondary N) is 2. The van der Waals surface area contributed by atoms with Gasteiger partial charge in [-0.05, 0) is 42.8 Å². The lowest BCUT2D eigenvalue weighted by Gasteiger charge is -2.02. The summed E-state index contributed by atoms with van der Waals surface area (Å²) in [5.74, 6) is 5.47. The first-order chi connectivity index (χ1) is 11.6. The molecular weight excluding hydrogens is 303 g/mol. The van der Waals surface area contributed by atoms with Gasteiger partial charge in [0.15, 0.2) is 0 Å². The van der Waals surface area contributed by atoms with E-state index in [0.29, 0.717) is 0 Å². The van der Waals surface area contributed by atoms with Crippen LogP contribution in [-0.4, -0.2) is 17.4 Å². The van der Waals surface area contributed by atoms with Gasteiger partial charge in [0.25, 0.3) is 0 Å². The molecule has 3 aromatic rings. The number of aryl methyl sites for hydroxylation is 1. The molecule has 1 aromatic heterocycles. The fourth-order valence-electron chi connectivity index (χ4n) is 2.62. The molecule has 3 rings (SSSR count). The van der Waals surface area contributed by atoms with E-state index in [2.05, 4.69) is 22.1 Å². The third kappa shape index (κ3) is 3.64. The van der Waals surface area contributed by atoms with Crippen molar-refractivity contribution in [2.45, 2.75) is 13.3 Å². The molecule has 0 aliphatic rings. The number of rotatable bonds is 3. The van der Waals surface area contributed by atoms with E-state index in [1.807, 2.05) is 37.3 Å². The molecule has 120 valence electrons. The van der Waals surface area contributed by atoms with Crippen molar-refractivity contribution in [1.82, 2.24) is 10.3 Å². The van der Waals surface area contributed by atoms with E-state index in [4.69, 9.17) is 0 Å². The molecule has 24 heavy (non-hydrogen) atoms. The predicted molar refractivity (Wildman–Crippen MR) is 93.0 cm³/mol. The zero-order valence-electron chi connectivity index (χ0n) is 13.3. The number of carbonyl (C=O) groups excluding carboxylic acids is 1. The summed E-state index contributed by atoms with van der Waals surface area (Å²) >= 11 is 0. The van der Waals surface area contributed by atoms with Crippen LogP contribution in [0.25, 0.3) is 10.9 Å². The molecule has 2 N–H and O–H groups in total. The van der Waals surface area contributed by atoms with Gasteiger partial charge in [0, 0.05) is 22.2 Å². The van der Waals surface area contributed by atoms with E-state index in [1.165, 1.54) is 12.1 Å². The number of halogens is 1. The van der Waals surface area contributed by atoms with Crippen LogP contribution in [0.1, 0.15) is 16.8 Å². The summed E-state index contributed by atoms with van der Waals surface area (Å²) in [5.41, 5.74) is 3.44. The van der Waals surface area contributed by atoms with Gasteiger partial charge >= 0.3 is 0 Å². The van der Waals surface area contributed by atoms with Crippen molar-refractivity contribution in [3.05, 3.63) is 71.2 Å². The van der Waals surface area contributed by atoms with Crippen LogP contribution in [0.4, 0.5) is 4.39 Å². The van der Waals surface area contributed by atoms with Crippen LogP contribution in [0.2, 0.25) is 0 Å². The van der Waals surface area contributed by atoms with Gasteiger partial charge in [-0.15, -0.1) is 0 Å². The molecule has 0 fully saturated rings. The Morgan fingerprint density at radius 2 is 2.00 bits per heavy atom. The molecule has 0 saturated carbocycles. The Labute approximate surface area is 139 Å². The molecule has 0 unspecified atom stereocenters. The quantitative estimate of drug-likeness (QED) is 0.714. The van der Waals surface area contributed by atoms with Crippen molar-refractivity contribution in [2.24, 2.45) is 0 Å². The largest absolute Gasteiger partial charge is 0.358 e. The van der Waals surface area contributed by atoms with E-state index in [-0.39, 0.29) is 24.7 Å². The van der Waals surface area contributed by atoms with Crippen molar-refractivity contribution in [1.29, 1.82) is 0 Å². The molecule has 2 aromatic carbocycles. The standard InChI is InChI=1S/C20H17FN2O/c1-14-17(18-12-16(21)9-10-19(18)23-14)13-20(24)22-11-5-8-15-6-3-2-4-7-15/h2-4,6-7,9-10,12,23H,11,13H2,1H3,(H,22,24). The van der Waals surface area contributed by atoms with E-state index in [0.717, 1.165) is 27.7 Å². The lowest BCUT2D eigenvalue weighted by atomic mass is 10.1. The first-order valence-electron chi connectivity index (χ1n) is 7.71. The molecular formula is C20H17FN2O. The number of hydrogen-bond acceptors (Lipinski definition) is 1. The highest BCUT2D eigenvalue weighted by Crippen LogP contribution is 2.23. The lowest BCUT2D eigenvalue weighted by molar-refractivity contribution is -0.120. The summed E-state index contributed by atoms with van der Waals surface area (Å²) in [6.45, 7) is 2.17. The van der Waals surface area contributed by atoms with Gasteiger partial charge in [-0.1, -0.05) is 30.0 Å². The normalized spacial score (nSPS) is 10.2. The van der Waals surface area contributed by atoms with E-state index in [9.17, 15) is 9.18 Å². The smallest absolute Gasteiger partial charge is 0.225 e. The van der Waals surface area contributed by atoms with Gasteiger partial charge in [-0.25, -0.2) is 4.39 Å². The molecule has 0 bridgehead atoms. The number of amides is 1. The summed E-state index contributed by atoms with van der Waals surface area (Å²) in [4.78, 5) is 15.3. The van der Waals surface area contributed by atoms with Gasteiger partial charge in [0.05, 0.1) is 13.0 Å². The minimum atomic E-state index is -0.308. The van der Waals surface area contributed by atoms with Crippen LogP contribution in [-0.2, 0) is 11.2 Å². The lowest BCUT2D eigenvalue weighted by Crippen LogP contribution is -2.25. The van der Waals surface area contributed by atoms with Gasteiger partial charge < -0.3 is 10.3 Å². The number of hydrogen-bond donors (Lipinski definition) is 2. The van der Waals surface area contributed by atoms with E-state index in [1.54, 1.807) is 6.07 Å². The third-order valence-corrected chi connectivity index (χ3v) is 3.80. The molecule has 0 radical (unpaired) electrons. The number of carbonyl (C=O) groups is 1. The van der Waals surface area contributed by atoms with E-state index < -0.39 is 0 Å². The third-order valence-electron chi connectivity index (χ3n) is 3.80. The maximum absolute atomic E-state index is 13.4. The SMILES string of the molecule is Cc1[nH]c2ccc(F)cc2c1CC(=O)NCC#Cc1ccccc1. The Hall–Kier alpha value is -3.06. The average molecular weight is 320 g/mol. The number of fused-ring (bicyclic) bond motifs is 1. The second-order valence-corrected chi connectivity index (χ2v) is 5.54. The van der Waals surface area contributed by atoms with Crippen LogP contribution in [0.15, 0.2) is 48.5 Å². The van der Waals surface area contributed by atoms with Crippen molar-refractivity contribution in [3.63, 3.8) is 0 Å². The molecule has 0 saturated heterocycles.